The Bertz CT molecular complexity index is 2550. The Morgan fingerprint density at radius 2 is 1.35 bits per heavy atom. The maximum atomic E-state index is 11.8. The molecule has 7 aromatic rings. The number of hydrogen-bond acceptors (Lipinski definition) is 12. The molecule has 0 radical (unpaired) electrons. The molecular formula is C45H48Br2ClN9O6. The number of H-pyrrole nitrogens is 2. The van der Waals surface area contributed by atoms with Crippen molar-refractivity contribution in [2.24, 2.45) is 0 Å². The molecule has 6 N–H and O–H groups in total. The van der Waals surface area contributed by atoms with Crippen LogP contribution in [-0.4, -0.2) is 115 Å². The van der Waals surface area contributed by atoms with Crippen molar-refractivity contribution in [1.29, 1.82) is 0 Å². The third-order valence-electron chi connectivity index (χ3n) is 10.0. The molecule has 3 aromatic carbocycles. The van der Waals surface area contributed by atoms with Gasteiger partial charge in [0.2, 0.25) is 0 Å². The van der Waals surface area contributed by atoms with E-state index in [1.165, 1.54) is 0 Å². The molecule has 0 spiro atoms. The summed E-state index contributed by atoms with van der Waals surface area (Å²) in [5, 5.41) is 27.7. The van der Waals surface area contributed by atoms with Gasteiger partial charge in [0.25, 0.3) is 0 Å². The number of likely N-dealkylation sites (tertiary alicyclic amines) is 1. The minimum atomic E-state index is -0.632. The van der Waals surface area contributed by atoms with Gasteiger partial charge in [-0.15, -0.1) is 0 Å². The first-order valence-corrected chi connectivity index (χ1v) is 22.5. The average Bonchev–Trinajstić information content (AvgIpc) is 3.92. The van der Waals surface area contributed by atoms with E-state index in [0.717, 1.165) is 61.2 Å². The van der Waals surface area contributed by atoms with Gasteiger partial charge in [0.15, 0.2) is 11.3 Å². The van der Waals surface area contributed by atoms with Crippen LogP contribution in [0.25, 0.3) is 45.1 Å². The molecule has 4 aromatic heterocycles. The van der Waals surface area contributed by atoms with E-state index in [-0.39, 0.29) is 25.3 Å². The summed E-state index contributed by atoms with van der Waals surface area (Å²) in [6, 6.07) is 26.9. The molecule has 1 saturated heterocycles. The molecular weight excluding hydrogens is 958 g/mol. The van der Waals surface area contributed by atoms with Gasteiger partial charge in [-0.1, -0.05) is 23.7 Å². The van der Waals surface area contributed by atoms with E-state index in [0.29, 0.717) is 67.1 Å². The topological polar surface area (TPSA) is 196 Å². The van der Waals surface area contributed by atoms with Crippen LogP contribution in [0.1, 0.15) is 25.3 Å². The Balaban J connectivity index is 0.000000190. The second-order valence-corrected chi connectivity index (χ2v) is 17.1. The zero-order valence-electron chi connectivity index (χ0n) is 34.4. The first-order valence-electron chi connectivity index (χ1n) is 20.5. The molecule has 1 amide bonds. The van der Waals surface area contributed by atoms with Crippen molar-refractivity contribution in [3.8, 4) is 34.3 Å². The fourth-order valence-corrected chi connectivity index (χ4v) is 7.63. The lowest BCUT2D eigenvalue weighted by atomic mass is 10.1. The number of pyridine rings is 2. The fourth-order valence-electron chi connectivity index (χ4n) is 6.76. The SMILES string of the molecule is CCOC(=O)N1CCC(NCC(O)COc2ccc(-c3nc4ncc(Br)cc4[nH]3)cc2)CC1.OC(CNCc1cccc(Cl)c1)COc1ccc(-c2nc3ncc(Br)cc3[nH]2)cc1. The van der Waals surface area contributed by atoms with Crippen LogP contribution in [0.4, 0.5) is 4.79 Å². The van der Waals surface area contributed by atoms with Gasteiger partial charge in [-0.3, -0.25) is 0 Å². The predicted octanol–water partition coefficient (Wildman–Crippen LogP) is 7.91. The van der Waals surface area contributed by atoms with Gasteiger partial charge >= 0.3 is 6.09 Å². The highest BCUT2D eigenvalue weighted by atomic mass is 79.9. The lowest BCUT2D eigenvalue weighted by Crippen LogP contribution is -2.47. The quantitative estimate of drug-likeness (QED) is 0.0549. The molecule has 2 unspecified atom stereocenters. The maximum Gasteiger partial charge on any atom is 0.409 e. The third kappa shape index (κ3) is 13.4. The normalized spacial score (nSPS) is 14.0. The van der Waals surface area contributed by atoms with Crippen LogP contribution in [0.5, 0.6) is 11.5 Å². The number of hydrogen-bond donors (Lipinski definition) is 6. The van der Waals surface area contributed by atoms with Gasteiger partial charge in [0.1, 0.15) is 48.6 Å². The highest BCUT2D eigenvalue weighted by Crippen LogP contribution is 2.25. The fraction of sp³-hybridized carbons (Fsp3) is 0.311. The van der Waals surface area contributed by atoms with E-state index >= 15 is 0 Å². The number of rotatable bonds is 16. The summed E-state index contributed by atoms with van der Waals surface area (Å²) in [7, 11) is 0. The van der Waals surface area contributed by atoms with Gasteiger partial charge in [-0.05, 0) is 130 Å². The number of fused-ring (bicyclic) bond motifs is 2. The number of ether oxygens (including phenoxy) is 3. The summed E-state index contributed by atoms with van der Waals surface area (Å²) in [6.45, 7) is 5.40. The summed E-state index contributed by atoms with van der Waals surface area (Å²) >= 11 is 12.8. The summed E-state index contributed by atoms with van der Waals surface area (Å²) in [5.74, 6) is 2.84. The van der Waals surface area contributed by atoms with Crippen molar-refractivity contribution in [1.82, 2.24) is 45.4 Å². The number of carbonyl (C=O) groups is 1. The Hall–Kier alpha value is -5.14. The number of imidazole rings is 2. The van der Waals surface area contributed by atoms with Crippen molar-refractivity contribution < 1.29 is 29.2 Å². The number of aromatic amines is 2. The molecule has 18 heteroatoms. The molecule has 1 fully saturated rings. The van der Waals surface area contributed by atoms with Crippen molar-refractivity contribution in [3.05, 3.63) is 117 Å². The number of nitrogens with zero attached hydrogens (tertiary/aromatic N) is 5. The second kappa shape index (κ2) is 22.5. The molecule has 63 heavy (non-hydrogen) atoms. The van der Waals surface area contributed by atoms with Crippen LogP contribution in [0.3, 0.4) is 0 Å². The Labute approximate surface area is 386 Å². The van der Waals surface area contributed by atoms with E-state index in [1.54, 1.807) is 17.3 Å². The Morgan fingerprint density at radius 1 is 0.810 bits per heavy atom. The van der Waals surface area contributed by atoms with E-state index in [2.05, 4.69) is 72.4 Å². The molecule has 1 aliphatic rings. The van der Waals surface area contributed by atoms with Crippen LogP contribution in [0.2, 0.25) is 5.02 Å². The number of amides is 1. The van der Waals surface area contributed by atoms with Gasteiger partial charge in [-0.2, -0.15) is 0 Å². The highest BCUT2D eigenvalue weighted by Gasteiger charge is 2.24. The molecule has 0 saturated carbocycles. The first-order chi connectivity index (χ1) is 30.6. The Kier molecular flexibility index (Phi) is 16.4. The number of halogens is 3. The number of aliphatic hydroxyl groups is 2. The van der Waals surface area contributed by atoms with E-state index < -0.39 is 12.2 Å². The lowest BCUT2D eigenvalue weighted by molar-refractivity contribution is 0.0860. The smallest absolute Gasteiger partial charge is 0.409 e. The van der Waals surface area contributed by atoms with Gasteiger partial charge in [0.05, 0.1) is 17.6 Å². The van der Waals surface area contributed by atoms with Crippen molar-refractivity contribution in [2.75, 3.05) is 46.0 Å². The van der Waals surface area contributed by atoms with E-state index in [1.807, 2.05) is 91.9 Å². The Morgan fingerprint density at radius 3 is 1.87 bits per heavy atom. The van der Waals surface area contributed by atoms with Gasteiger partial charge in [-0.25, -0.2) is 24.7 Å². The molecule has 2 atom stereocenters. The number of carbonyl (C=O) groups excluding carboxylic acids is 1. The number of aromatic nitrogens is 6. The monoisotopic (exact) mass is 1000 g/mol. The van der Waals surface area contributed by atoms with Crippen molar-refractivity contribution in [3.63, 3.8) is 0 Å². The number of nitrogens with one attached hydrogen (secondary N) is 4. The first kappa shape index (κ1) is 45.9. The van der Waals surface area contributed by atoms with Crippen LogP contribution in [0, 0.1) is 0 Å². The van der Waals surface area contributed by atoms with Crippen molar-refractivity contribution >= 4 is 71.9 Å². The van der Waals surface area contributed by atoms with Crippen molar-refractivity contribution in [2.45, 2.75) is 44.6 Å². The van der Waals surface area contributed by atoms with Crippen LogP contribution >= 0.6 is 43.5 Å². The summed E-state index contributed by atoms with van der Waals surface area (Å²) < 4.78 is 18.3. The van der Waals surface area contributed by atoms with Crippen LogP contribution < -0.4 is 20.1 Å². The number of piperidine rings is 1. The van der Waals surface area contributed by atoms with E-state index in [9.17, 15) is 15.0 Å². The molecule has 1 aliphatic heterocycles. The van der Waals surface area contributed by atoms with Crippen LogP contribution in [-0.2, 0) is 11.3 Å². The zero-order valence-corrected chi connectivity index (χ0v) is 38.4. The highest BCUT2D eigenvalue weighted by molar-refractivity contribution is 9.10. The maximum absolute atomic E-state index is 11.8. The zero-order chi connectivity index (χ0) is 44.1. The summed E-state index contributed by atoms with van der Waals surface area (Å²) in [6.07, 6.45) is 3.61. The molecule has 330 valence electrons. The summed E-state index contributed by atoms with van der Waals surface area (Å²) in [4.78, 5) is 37.6. The number of benzene rings is 3. The van der Waals surface area contributed by atoms with Gasteiger partial charge in [0, 0.05) is 76.3 Å². The molecule has 0 bridgehead atoms. The van der Waals surface area contributed by atoms with Gasteiger partial charge < -0.3 is 49.9 Å². The second-order valence-electron chi connectivity index (χ2n) is 14.8. The molecule has 8 rings (SSSR count). The average molecular weight is 1010 g/mol. The lowest BCUT2D eigenvalue weighted by Gasteiger charge is -2.32. The summed E-state index contributed by atoms with van der Waals surface area (Å²) in [5.41, 5.74) is 5.99. The third-order valence-corrected chi connectivity index (χ3v) is 11.1. The minimum Gasteiger partial charge on any atom is -0.491 e. The molecule has 0 aliphatic carbocycles. The van der Waals surface area contributed by atoms with E-state index in [4.69, 9.17) is 25.8 Å². The predicted molar refractivity (Wildman–Crippen MR) is 250 cm³/mol. The molecule has 5 heterocycles. The minimum absolute atomic E-state index is 0.191. The molecule has 15 nitrogen and oxygen atoms in total. The standard InChI is InChI=1S/C23H28BrN5O4.C22H20BrClN4O2/c1-2-32-23(31)29-9-7-17(8-10-29)25-13-18(30)14-33-19-5-3-15(4-6-19)21-27-20-11-16(24)12-26-22(20)28-21;23-16-9-20-22(26-11-16)28-21(27-20)15-4-6-19(7-5-15)30-13-18(29)12-25-10-14-2-1-3-17(24)8-14/h3-6,11-12,17-18,25,30H,2,7-10,13-14H2,1H3,(H,26,27,28);1-9,11,18,25,29H,10,12-13H2,(H,26,27,28). The largest absolute Gasteiger partial charge is 0.491 e. The van der Waals surface area contributed by atoms with Crippen LogP contribution in [0.15, 0.2) is 106 Å². The number of aliphatic hydroxyl groups excluding tert-OH is 2.